The maximum atomic E-state index is 13.5. The summed E-state index contributed by atoms with van der Waals surface area (Å²) in [4.78, 5) is 17.8. The molecule has 120 valence electrons. The second kappa shape index (κ2) is 6.85. The van der Waals surface area contributed by atoms with Gasteiger partial charge < -0.3 is 10.6 Å². The van der Waals surface area contributed by atoms with Crippen molar-refractivity contribution in [3.8, 4) is 0 Å². The molecule has 1 aromatic rings. The zero-order valence-electron chi connectivity index (χ0n) is 12.5. The van der Waals surface area contributed by atoms with Crippen molar-refractivity contribution in [3.05, 3.63) is 36.0 Å². The number of hydrogen-bond donors (Lipinski definition) is 1. The molecule has 1 amide bonds. The average Bonchev–Trinajstić information content (AvgIpc) is 2.65. The molecule has 2 rings (SSSR count). The molecule has 1 aliphatic heterocycles. The van der Waals surface area contributed by atoms with E-state index in [1.165, 1.54) is 0 Å². The van der Waals surface area contributed by atoms with Gasteiger partial charge in [0.15, 0.2) is 0 Å². The fourth-order valence-electron chi connectivity index (χ4n) is 2.59. The van der Waals surface area contributed by atoms with E-state index in [1.54, 1.807) is 23.1 Å². The van der Waals surface area contributed by atoms with E-state index in [0.717, 1.165) is 12.1 Å². The molecule has 0 bridgehead atoms. The van der Waals surface area contributed by atoms with Gasteiger partial charge in [0.25, 0.3) is 5.91 Å². The summed E-state index contributed by atoms with van der Waals surface area (Å²) in [5.41, 5.74) is 6.48. The van der Waals surface area contributed by atoms with Gasteiger partial charge in [-0.2, -0.15) is 0 Å². The average molecular weight is 309 g/mol. The zero-order valence-corrected chi connectivity index (χ0v) is 12.5. The normalized spacial score (nSPS) is 17.8. The lowest BCUT2D eigenvalue weighted by Crippen LogP contribution is -2.29. The summed E-state index contributed by atoms with van der Waals surface area (Å²) in [6.07, 6.45) is 3.24. The third-order valence-corrected chi connectivity index (χ3v) is 3.82. The van der Waals surface area contributed by atoms with Crippen LogP contribution in [0.5, 0.6) is 0 Å². The van der Waals surface area contributed by atoms with Crippen LogP contribution in [0.1, 0.15) is 41.7 Å². The Kier molecular flexibility index (Phi) is 5.11. The van der Waals surface area contributed by atoms with Crippen LogP contribution in [0.3, 0.4) is 0 Å². The maximum Gasteiger partial charge on any atom is 0.252 e. The molecule has 0 spiro atoms. The number of carbonyl (C=O) groups excluding carboxylic acids is 1. The lowest BCUT2D eigenvalue weighted by molar-refractivity contribution is -0.0102. The standard InChI is InChI=1S/C16H21F2N3O/c1-2-3-5-12-6-7-13(14(19)22)15(20-12)21-10-4-8-16(17,18)9-11-21/h2,6-7H,1,3-5,8-11H2,(H2,19,22). The quantitative estimate of drug-likeness (QED) is 0.851. The van der Waals surface area contributed by atoms with Gasteiger partial charge in [0.05, 0.1) is 5.56 Å². The van der Waals surface area contributed by atoms with Gasteiger partial charge in [0.2, 0.25) is 5.92 Å². The predicted octanol–water partition coefficient (Wildman–Crippen LogP) is 2.92. The van der Waals surface area contributed by atoms with Gasteiger partial charge in [-0.15, -0.1) is 6.58 Å². The minimum atomic E-state index is -2.65. The summed E-state index contributed by atoms with van der Waals surface area (Å²) >= 11 is 0. The Morgan fingerprint density at radius 1 is 1.41 bits per heavy atom. The number of nitrogens with zero attached hydrogens (tertiary/aromatic N) is 2. The largest absolute Gasteiger partial charge is 0.365 e. The molecule has 1 aromatic heterocycles. The summed E-state index contributed by atoms with van der Waals surface area (Å²) in [5, 5.41) is 0. The second-order valence-corrected chi connectivity index (χ2v) is 5.56. The van der Waals surface area contributed by atoms with Gasteiger partial charge in [-0.25, -0.2) is 13.8 Å². The number of pyridine rings is 1. The van der Waals surface area contributed by atoms with E-state index in [9.17, 15) is 13.6 Å². The van der Waals surface area contributed by atoms with E-state index < -0.39 is 11.8 Å². The summed E-state index contributed by atoms with van der Waals surface area (Å²) in [7, 11) is 0. The number of allylic oxidation sites excluding steroid dienone is 1. The van der Waals surface area contributed by atoms with Crippen molar-refractivity contribution in [1.82, 2.24) is 4.98 Å². The molecule has 22 heavy (non-hydrogen) atoms. The number of hydrogen-bond acceptors (Lipinski definition) is 3. The van der Waals surface area contributed by atoms with E-state index >= 15 is 0 Å². The lowest BCUT2D eigenvalue weighted by atomic mass is 10.1. The first-order valence-electron chi connectivity index (χ1n) is 7.46. The fraction of sp³-hybridized carbons (Fsp3) is 0.500. The fourth-order valence-corrected chi connectivity index (χ4v) is 2.59. The molecule has 0 unspecified atom stereocenters. The van der Waals surface area contributed by atoms with Crippen molar-refractivity contribution >= 4 is 11.7 Å². The van der Waals surface area contributed by atoms with E-state index in [0.29, 0.717) is 25.2 Å². The number of aromatic nitrogens is 1. The van der Waals surface area contributed by atoms with Gasteiger partial charge in [-0.3, -0.25) is 4.79 Å². The zero-order chi connectivity index (χ0) is 16.2. The first-order valence-corrected chi connectivity index (χ1v) is 7.46. The topological polar surface area (TPSA) is 59.2 Å². The van der Waals surface area contributed by atoms with Crippen molar-refractivity contribution in [2.75, 3.05) is 18.0 Å². The van der Waals surface area contributed by atoms with E-state index in [-0.39, 0.29) is 24.9 Å². The van der Waals surface area contributed by atoms with Crippen LogP contribution in [0.25, 0.3) is 0 Å². The Labute approximate surface area is 129 Å². The van der Waals surface area contributed by atoms with Crippen LogP contribution in [-0.4, -0.2) is 29.9 Å². The first-order chi connectivity index (χ1) is 10.4. The first kappa shape index (κ1) is 16.4. The van der Waals surface area contributed by atoms with Crippen LogP contribution in [0.15, 0.2) is 24.8 Å². The molecule has 1 saturated heterocycles. The van der Waals surface area contributed by atoms with Crippen molar-refractivity contribution in [2.45, 2.75) is 38.0 Å². The molecular weight excluding hydrogens is 288 g/mol. The Bertz CT molecular complexity index is 560. The van der Waals surface area contributed by atoms with Crippen LogP contribution in [-0.2, 0) is 6.42 Å². The number of anilines is 1. The Morgan fingerprint density at radius 2 is 2.18 bits per heavy atom. The number of alkyl halides is 2. The number of amides is 1. The number of rotatable bonds is 5. The highest BCUT2D eigenvalue weighted by Gasteiger charge is 2.32. The molecule has 0 radical (unpaired) electrons. The molecule has 1 fully saturated rings. The Hall–Kier alpha value is -1.98. The van der Waals surface area contributed by atoms with Gasteiger partial charge >= 0.3 is 0 Å². The Morgan fingerprint density at radius 3 is 2.86 bits per heavy atom. The third kappa shape index (κ3) is 4.02. The molecule has 2 heterocycles. The highest BCUT2D eigenvalue weighted by molar-refractivity contribution is 5.97. The van der Waals surface area contributed by atoms with E-state index in [2.05, 4.69) is 11.6 Å². The molecule has 0 aliphatic carbocycles. The lowest BCUT2D eigenvalue weighted by Gasteiger charge is -2.24. The van der Waals surface area contributed by atoms with Crippen LogP contribution < -0.4 is 10.6 Å². The van der Waals surface area contributed by atoms with Crippen LogP contribution in [0.4, 0.5) is 14.6 Å². The van der Waals surface area contributed by atoms with Gasteiger partial charge in [-0.1, -0.05) is 6.08 Å². The number of halogens is 2. The number of aryl methyl sites for hydroxylation is 1. The number of primary amides is 1. The summed E-state index contributed by atoms with van der Waals surface area (Å²) in [6, 6.07) is 3.38. The molecule has 0 aromatic carbocycles. The summed E-state index contributed by atoms with van der Waals surface area (Å²) in [6.45, 7) is 4.29. The number of carbonyl (C=O) groups is 1. The molecule has 0 atom stereocenters. The molecular formula is C16H21F2N3O. The molecule has 2 N–H and O–H groups in total. The Balaban J connectivity index is 2.29. The molecule has 0 saturated carbocycles. The maximum absolute atomic E-state index is 13.5. The SMILES string of the molecule is C=CCCc1ccc(C(N)=O)c(N2CCCC(F)(F)CC2)n1. The van der Waals surface area contributed by atoms with Crippen molar-refractivity contribution in [3.63, 3.8) is 0 Å². The number of nitrogens with two attached hydrogens (primary N) is 1. The molecule has 4 nitrogen and oxygen atoms in total. The highest BCUT2D eigenvalue weighted by atomic mass is 19.3. The highest BCUT2D eigenvalue weighted by Crippen LogP contribution is 2.30. The predicted molar refractivity (Wildman–Crippen MR) is 82.3 cm³/mol. The second-order valence-electron chi connectivity index (χ2n) is 5.56. The van der Waals surface area contributed by atoms with Gasteiger partial charge in [-0.05, 0) is 31.4 Å². The van der Waals surface area contributed by atoms with Gasteiger partial charge in [0, 0.05) is 31.6 Å². The van der Waals surface area contributed by atoms with Crippen molar-refractivity contribution in [1.29, 1.82) is 0 Å². The molecule has 1 aliphatic rings. The summed E-state index contributed by atoms with van der Waals surface area (Å²) < 4.78 is 27.0. The monoisotopic (exact) mass is 309 g/mol. The van der Waals surface area contributed by atoms with Crippen LogP contribution >= 0.6 is 0 Å². The van der Waals surface area contributed by atoms with Crippen LogP contribution in [0.2, 0.25) is 0 Å². The van der Waals surface area contributed by atoms with Gasteiger partial charge in [0.1, 0.15) is 5.82 Å². The van der Waals surface area contributed by atoms with Crippen molar-refractivity contribution in [2.24, 2.45) is 5.73 Å². The third-order valence-electron chi connectivity index (χ3n) is 3.82. The molecule has 6 heteroatoms. The summed E-state index contributed by atoms with van der Waals surface area (Å²) in [5.74, 6) is -2.82. The van der Waals surface area contributed by atoms with E-state index in [4.69, 9.17) is 5.73 Å². The van der Waals surface area contributed by atoms with Crippen molar-refractivity contribution < 1.29 is 13.6 Å². The smallest absolute Gasteiger partial charge is 0.252 e. The van der Waals surface area contributed by atoms with E-state index in [1.807, 2.05) is 0 Å². The minimum absolute atomic E-state index is 0.133. The minimum Gasteiger partial charge on any atom is -0.365 e. The van der Waals surface area contributed by atoms with Crippen LogP contribution in [0, 0.1) is 0 Å².